The molecule has 2 atom stereocenters. The number of nitro groups is 1. The van der Waals surface area contributed by atoms with E-state index in [9.17, 15) is 32.9 Å². The van der Waals surface area contributed by atoms with Gasteiger partial charge in [0.05, 0.1) is 25.3 Å². The van der Waals surface area contributed by atoms with Gasteiger partial charge in [-0.25, -0.2) is 14.2 Å². The molecule has 0 bridgehead atoms. The highest BCUT2D eigenvalue weighted by Gasteiger charge is 2.39. The summed E-state index contributed by atoms with van der Waals surface area (Å²) in [4.78, 5) is 45.5. The molecule has 2 aromatic heterocycles. The third-order valence-electron chi connectivity index (χ3n) is 6.03. The normalized spacial score (nSPS) is 18.4. The van der Waals surface area contributed by atoms with Crippen molar-refractivity contribution in [2.45, 2.75) is 31.9 Å². The van der Waals surface area contributed by atoms with Gasteiger partial charge in [-0.15, -0.1) is 0 Å². The van der Waals surface area contributed by atoms with Crippen LogP contribution in [0.25, 0.3) is 11.1 Å². The Morgan fingerprint density at radius 2 is 2.05 bits per heavy atom. The molecule has 3 aromatic rings. The minimum Gasteiger partial charge on any atom is -0.455 e. The standard InChI is InChI=1S/C23H19F4N7O7/c1-11(35)28-5-13-8-33(22(36)41-13)12-2-3-15(17(24)4-12)16-6-29-20(31-19(16)23(25,26)27)40-14-7-32-9-18(34(37)38)30-21(32)39-10-14/h2-4,6,9,13-14H,5,7-8,10H2,1H3,(H,28,35). The molecule has 2 unspecified atom stereocenters. The van der Waals surface area contributed by atoms with Crippen LogP contribution >= 0.6 is 0 Å². The fourth-order valence-electron chi connectivity index (χ4n) is 4.20. The number of amides is 2. The van der Waals surface area contributed by atoms with Crippen LogP contribution in [0, 0.1) is 15.9 Å². The number of anilines is 1. The molecule has 1 aromatic carbocycles. The zero-order valence-electron chi connectivity index (χ0n) is 20.9. The predicted molar refractivity (Wildman–Crippen MR) is 128 cm³/mol. The van der Waals surface area contributed by atoms with Crippen molar-refractivity contribution in [2.24, 2.45) is 0 Å². The fraction of sp³-hybridized carbons (Fsp3) is 0.348. The molecule has 2 aliphatic heterocycles. The van der Waals surface area contributed by atoms with Gasteiger partial charge in [-0.2, -0.15) is 18.2 Å². The molecule has 1 N–H and O–H groups in total. The Kier molecular flexibility index (Phi) is 7.06. The van der Waals surface area contributed by atoms with E-state index < -0.39 is 63.9 Å². The third kappa shape index (κ3) is 5.80. The summed E-state index contributed by atoms with van der Waals surface area (Å²) < 4.78 is 74.2. The second kappa shape index (κ2) is 10.5. The number of nitrogens with one attached hydrogen (secondary N) is 1. The minimum atomic E-state index is -5.03. The van der Waals surface area contributed by atoms with E-state index in [1.807, 2.05) is 0 Å². The highest BCUT2D eigenvalue weighted by Crippen LogP contribution is 2.38. The number of imidazole rings is 1. The van der Waals surface area contributed by atoms with Crippen LogP contribution in [0.5, 0.6) is 12.0 Å². The van der Waals surface area contributed by atoms with E-state index in [4.69, 9.17) is 14.2 Å². The fourth-order valence-corrected chi connectivity index (χ4v) is 4.20. The second-order valence-electron chi connectivity index (χ2n) is 8.97. The Bertz CT molecular complexity index is 1530. The minimum absolute atomic E-state index is 0.0142. The molecular weight excluding hydrogens is 562 g/mol. The lowest BCUT2D eigenvalue weighted by molar-refractivity contribution is -0.389. The van der Waals surface area contributed by atoms with Crippen LogP contribution in [0.15, 0.2) is 30.6 Å². The van der Waals surface area contributed by atoms with Gasteiger partial charge in [0.2, 0.25) is 5.91 Å². The first-order valence-electron chi connectivity index (χ1n) is 11.9. The monoisotopic (exact) mass is 581 g/mol. The first-order chi connectivity index (χ1) is 19.4. The van der Waals surface area contributed by atoms with E-state index in [2.05, 4.69) is 20.3 Å². The number of alkyl halides is 3. The van der Waals surface area contributed by atoms with Gasteiger partial charge in [-0.3, -0.25) is 14.3 Å². The largest absolute Gasteiger partial charge is 0.455 e. The Labute approximate surface area is 227 Å². The number of cyclic esters (lactones) is 1. The van der Waals surface area contributed by atoms with Crippen molar-refractivity contribution in [1.29, 1.82) is 0 Å². The van der Waals surface area contributed by atoms with Crippen molar-refractivity contribution < 1.29 is 46.3 Å². The number of carbonyl (C=O) groups is 2. The molecule has 1 fully saturated rings. The van der Waals surface area contributed by atoms with Crippen LogP contribution in [-0.2, 0) is 22.3 Å². The topological polar surface area (TPSA) is 164 Å². The average Bonchev–Trinajstić information content (AvgIpc) is 3.50. The number of ether oxygens (including phenoxy) is 3. The quantitative estimate of drug-likeness (QED) is 0.249. The Balaban J connectivity index is 1.36. The van der Waals surface area contributed by atoms with Gasteiger partial charge in [0.25, 0.3) is 0 Å². The SMILES string of the molecule is CC(=O)NCC1CN(c2ccc(-c3cnc(OC4COc5nc([N+](=O)[O-])cn5C4)nc3C(F)(F)F)c(F)c2)C(=O)O1. The molecule has 0 saturated carbocycles. The predicted octanol–water partition coefficient (Wildman–Crippen LogP) is 2.71. The smallest absolute Gasteiger partial charge is 0.434 e. The molecular formula is C23H19F4N7O7. The summed E-state index contributed by atoms with van der Waals surface area (Å²) in [6.45, 7) is 1.08. The van der Waals surface area contributed by atoms with Crippen molar-refractivity contribution in [3.05, 3.63) is 52.2 Å². The summed E-state index contributed by atoms with van der Waals surface area (Å²) in [6.07, 6.45) is -5.59. The van der Waals surface area contributed by atoms with Crippen LogP contribution < -0.4 is 19.7 Å². The van der Waals surface area contributed by atoms with E-state index in [0.29, 0.717) is 0 Å². The number of carbonyl (C=O) groups excluding carboxylic acids is 2. The van der Waals surface area contributed by atoms with Gasteiger partial charge in [0.1, 0.15) is 24.7 Å². The van der Waals surface area contributed by atoms with E-state index in [1.165, 1.54) is 17.6 Å². The van der Waals surface area contributed by atoms with Crippen LogP contribution in [0.4, 0.5) is 33.9 Å². The van der Waals surface area contributed by atoms with Crippen LogP contribution in [0.1, 0.15) is 12.6 Å². The number of halogens is 4. The van der Waals surface area contributed by atoms with Crippen molar-refractivity contribution in [3.8, 4) is 23.1 Å². The lowest BCUT2D eigenvalue weighted by atomic mass is 10.0. The molecule has 0 aliphatic carbocycles. The maximum atomic E-state index is 15.1. The number of fused-ring (bicyclic) bond motifs is 1. The molecule has 41 heavy (non-hydrogen) atoms. The van der Waals surface area contributed by atoms with Gasteiger partial charge in [0.15, 0.2) is 11.8 Å². The number of hydrogen-bond acceptors (Lipinski definition) is 10. The van der Waals surface area contributed by atoms with Crippen molar-refractivity contribution in [2.75, 3.05) is 24.6 Å². The number of hydrogen-bond donors (Lipinski definition) is 1. The summed E-state index contributed by atoms with van der Waals surface area (Å²) >= 11 is 0. The third-order valence-corrected chi connectivity index (χ3v) is 6.03. The summed E-state index contributed by atoms with van der Waals surface area (Å²) in [6, 6.07) is 2.45. The molecule has 18 heteroatoms. The average molecular weight is 581 g/mol. The molecule has 0 radical (unpaired) electrons. The van der Waals surface area contributed by atoms with Gasteiger partial charge in [-0.05, 0) is 23.1 Å². The Morgan fingerprint density at radius 1 is 1.27 bits per heavy atom. The molecule has 2 aliphatic rings. The van der Waals surface area contributed by atoms with E-state index >= 15 is 4.39 Å². The van der Waals surface area contributed by atoms with E-state index in [-0.39, 0.29) is 43.8 Å². The van der Waals surface area contributed by atoms with Gasteiger partial charge in [-0.1, -0.05) is 0 Å². The number of rotatable bonds is 7. The lowest BCUT2D eigenvalue weighted by Crippen LogP contribution is -2.35. The summed E-state index contributed by atoms with van der Waals surface area (Å²) in [7, 11) is 0. The Morgan fingerprint density at radius 3 is 2.73 bits per heavy atom. The van der Waals surface area contributed by atoms with Crippen LogP contribution in [0.2, 0.25) is 0 Å². The van der Waals surface area contributed by atoms with Gasteiger partial charge >= 0.3 is 30.1 Å². The van der Waals surface area contributed by atoms with E-state index in [1.54, 1.807) is 0 Å². The molecule has 4 heterocycles. The maximum absolute atomic E-state index is 15.1. The first kappa shape index (κ1) is 27.5. The van der Waals surface area contributed by atoms with Crippen molar-refractivity contribution in [1.82, 2.24) is 24.8 Å². The van der Waals surface area contributed by atoms with Gasteiger partial charge in [0, 0.05) is 29.2 Å². The van der Waals surface area contributed by atoms with Gasteiger partial charge < -0.3 is 29.6 Å². The molecule has 216 valence electrons. The highest BCUT2D eigenvalue weighted by atomic mass is 19.4. The molecule has 0 spiro atoms. The zero-order chi connectivity index (χ0) is 29.5. The van der Waals surface area contributed by atoms with Crippen molar-refractivity contribution in [3.63, 3.8) is 0 Å². The van der Waals surface area contributed by atoms with Crippen molar-refractivity contribution >= 4 is 23.5 Å². The number of benzene rings is 1. The number of aromatic nitrogens is 4. The van der Waals surface area contributed by atoms with Crippen LogP contribution in [0.3, 0.4) is 0 Å². The first-order valence-corrected chi connectivity index (χ1v) is 11.9. The van der Waals surface area contributed by atoms with E-state index in [0.717, 1.165) is 29.4 Å². The van der Waals surface area contributed by atoms with Crippen LogP contribution in [-0.4, -0.2) is 68.3 Å². The second-order valence-corrected chi connectivity index (χ2v) is 8.97. The summed E-state index contributed by atoms with van der Waals surface area (Å²) in [5, 5.41) is 13.4. The Hall–Kier alpha value is -5.03. The summed E-state index contributed by atoms with van der Waals surface area (Å²) in [5.74, 6) is -1.89. The summed E-state index contributed by atoms with van der Waals surface area (Å²) in [5.41, 5.74) is -2.59. The lowest BCUT2D eigenvalue weighted by Gasteiger charge is -2.22. The molecule has 5 rings (SSSR count). The maximum Gasteiger partial charge on any atom is 0.434 e. The molecule has 1 saturated heterocycles. The molecule has 2 amide bonds. The highest BCUT2D eigenvalue weighted by molar-refractivity contribution is 5.90. The zero-order valence-corrected chi connectivity index (χ0v) is 20.9. The molecule has 14 nitrogen and oxygen atoms in total. The number of nitrogens with zero attached hydrogens (tertiary/aromatic N) is 6.